The van der Waals surface area contributed by atoms with Gasteiger partial charge in [0.15, 0.2) is 0 Å². The van der Waals surface area contributed by atoms with Crippen molar-refractivity contribution >= 4 is 17.3 Å². The van der Waals surface area contributed by atoms with Crippen molar-refractivity contribution in [3.63, 3.8) is 0 Å². The molecule has 1 aliphatic carbocycles. The number of halogens is 1. The molecule has 1 saturated carbocycles. The molecule has 2 rings (SSSR count). The molecule has 5 nitrogen and oxygen atoms in total. The monoisotopic (exact) mass is 312 g/mol. The second-order valence-corrected chi connectivity index (χ2v) is 6.02. The lowest BCUT2D eigenvalue weighted by atomic mass is 9.90. The Kier molecular flexibility index (Phi) is 5.65. The highest BCUT2D eigenvalue weighted by Gasteiger charge is 2.25. The molecule has 0 bridgehead atoms. The Bertz CT molecular complexity index is 523. The Morgan fingerprint density at radius 1 is 1.38 bits per heavy atom. The molecule has 1 heterocycles. The predicted molar refractivity (Wildman–Crippen MR) is 87.3 cm³/mol. The number of anilines is 1. The molecule has 0 spiro atoms. The molecule has 1 N–H and O–H groups in total. The normalized spacial score (nSPS) is 22.3. The average Bonchev–Trinajstić information content (AvgIpc) is 2.50. The molecular weight excluding hydrogens is 288 g/mol. The van der Waals surface area contributed by atoms with Crippen molar-refractivity contribution in [1.29, 1.82) is 0 Å². The Labute approximate surface area is 131 Å². The van der Waals surface area contributed by atoms with E-state index in [0.29, 0.717) is 18.6 Å². The van der Waals surface area contributed by atoms with Crippen molar-refractivity contribution in [3.05, 3.63) is 21.6 Å². The van der Waals surface area contributed by atoms with E-state index < -0.39 is 0 Å². The van der Waals surface area contributed by atoms with Crippen molar-refractivity contribution in [2.24, 2.45) is 0 Å². The lowest BCUT2D eigenvalue weighted by Gasteiger charge is -2.36. The van der Waals surface area contributed by atoms with E-state index in [4.69, 9.17) is 11.6 Å². The summed E-state index contributed by atoms with van der Waals surface area (Å²) in [6.45, 7) is 5.59. The summed E-state index contributed by atoms with van der Waals surface area (Å²) in [6.07, 6.45) is 6.27. The second-order valence-electron chi connectivity index (χ2n) is 5.64. The van der Waals surface area contributed by atoms with Crippen LogP contribution in [-0.4, -0.2) is 35.5 Å². The van der Waals surface area contributed by atoms with E-state index >= 15 is 0 Å². The molecule has 1 aromatic rings. The van der Waals surface area contributed by atoms with Crippen LogP contribution in [0.4, 0.5) is 5.69 Å². The maximum absolute atomic E-state index is 12.1. The van der Waals surface area contributed by atoms with Gasteiger partial charge in [0.1, 0.15) is 5.02 Å². The zero-order valence-electron chi connectivity index (χ0n) is 13.1. The summed E-state index contributed by atoms with van der Waals surface area (Å²) in [4.78, 5) is 14.2. The van der Waals surface area contributed by atoms with Crippen LogP contribution in [-0.2, 0) is 6.54 Å². The van der Waals surface area contributed by atoms with Crippen molar-refractivity contribution < 1.29 is 0 Å². The van der Waals surface area contributed by atoms with Crippen molar-refractivity contribution in [2.75, 3.05) is 18.5 Å². The van der Waals surface area contributed by atoms with E-state index in [1.807, 2.05) is 14.0 Å². The van der Waals surface area contributed by atoms with Gasteiger partial charge in [0.2, 0.25) is 0 Å². The van der Waals surface area contributed by atoms with Crippen LogP contribution < -0.4 is 15.8 Å². The standard InChI is InChI=1S/C15H25ClN4O/c1-4-17-11-6-8-12(9-7-11)19(3)13-10-18-20(5-2)15(21)14(13)16/h10-12,17H,4-9H2,1-3H3. The smallest absolute Gasteiger partial charge is 0.287 e. The topological polar surface area (TPSA) is 50.2 Å². The highest BCUT2D eigenvalue weighted by atomic mass is 35.5. The first kappa shape index (κ1) is 16.3. The Morgan fingerprint density at radius 3 is 2.62 bits per heavy atom. The third-order valence-electron chi connectivity index (χ3n) is 4.38. The maximum Gasteiger partial charge on any atom is 0.287 e. The average molecular weight is 313 g/mol. The van der Waals surface area contributed by atoms with E-state index in [9.17, 15) is 4.79 Å². The minimum Gasteiger partial charge on any atom is -0.369 e. The van der Waals surface area contributed by atoms with Crippen LogP contribution >= 0.6 is 11.6 Å². The fourth-order valence-corrected chi connectivity index (χ4v) is 3.36. The van der Waals surface area contributed by atoms with Crippen LogP contribution in [0.3, 0.4) is 0 Å². The summed E-state index contributed by atoms with van der Waals surface area (Å²) in [5.74, 6) is 0. The highest BCUT2D eigenvalue weighted by molar-refractivity contribution is 6.33. The molecule has 1 fully saturated rings. The number of aromatic nitrogens is 2. The van der Waals surface area contributed by atoms with E-state index in [-0.39, 0.29) is 10.6 Å². The van der Waals surface area contributed by atoms with Gasteiger partial charge in [-0.25, -0.2) is 4.68 Å². The van der Waals surface area contributed by atoms with Crippen LogP contribution in [0.15, 0.2) is 11.0 Å². The SMILES string of the molecule is CCNC1CCC(N(C)c2cnn(CC)c(=O)c2Cl)CC1. The fraction of sp³-hybridized carbons (Fsp3) is 0.733. The Hall–Kier alpha value is -1.07. The first-order chi connectivity index (χ1) is 10.1. The van der Waals surface area contributed by atoms with Gasteiger partial charge in [-0.2, -0.15) is 5.10 Å². The van der Waals surface area contributed by atoms with E-state index in [2.05, 4.69) is 22.2 Å². The van der Waals surface area contributed by atoms with Gasteiger partial charge in [-0.05, 0) is 39.2 Å². The number of aryl methyl sites for hydroxylation is 1. The first-order valence-corrected chi connectivity index (χ1v) is 8.18. The molecule has 118 valence electrons. The summed E-state index contributed by atoms with van der Waals surface area (Å²) in [5, 5.41) is 7.97. The molecule has 0 radical (unpaired) electrons. The second kappa shape index (κ2) is 7.27. The summed E-state index contributed by atoms with van der Waals surface area (Å²) >= 11 is 6.24. The van der Waals surface area contributed by atoms with E-state index in [0.717, 1.165) is 25.1 Å². The fourth-order valence-electron chi connectivity index (χ4n) is 3.08. The summed E-state index contributed by atoms with van der Waals surface area (Å²) in [5.41, 5.74) is 0.545. The molecule has 0 amide bonds. The van der Waals surface area contributed by atoms with E-state index in [1.54, 1.807) is 6.20 Å². The van der Waals surface area contributed by atoms with Crippen molar-refractivity contribution in [3.8, 4) is 0 Å². The summed E-state index contributed by atoms with van der Waals surface area (Å²) in [6, 6.07) is 1.05. The van der Waals surface area contributed by atoms with Gasteiger partial charge in [-0.3, -0.25) is 4.79 Å². The summed E-state index contributed by atoms with van der Waals surface area (Å²) in [7, 11) is 2.01. The number of rotatable bonds is 5. The molecule has 21 heavy (non-hydrogen) atoms. The third kappa shape index (κ3) is 3.58. The van der Waals surface area contributed by atoms with Gasteiger partial charge in [-0.15, -0.1) is 0 Å². The maximum atomic E-state index is 12.1. The molecule has 1 aromatic heterocycles. The largest absolute Gasteiger partial charge is 0.369 e. The van der Waals surface area contributed by atoms with Crippen molar-refractivity contribution in [2.45, 2.75) is 58.2 Å². The quantitative estimate of drug-likeness (QED) is 0.906. The third-order valence-corrected chi connectivity index (χ3v) is 4.74. The molecule has 0 aliphatic heterocycles. The van der Waals surface area contributed by atoms with Crippen molar-refractivity contribution in [1.82, 2.24) is 15.1 Å². The van der Waals surface area contributed by atoms with Crippen LogP contribution in [0.2, 0.25) is 5.02 Å². The molecule has 0 atom stereocenters. The number of hydrogen-bond acceptors (Lipinski definition) is 4. The van der Waals surface area contributed by atoms with Crippen LogP contribution in [0.1, 0.15) is 39.5 Å². The molecule has 0 saturated heterocycles. The van der Waals surface area contributed by atoms with Crippen LogP contribution in [0, 0.1) is 0 Å². The van der Waals surface area contributed by atoms with Crippen LogP contribution in [0.25, 0.3) is 0 Å². The van der Waals surface area contributed by atoms with Gasteiger partial charge >= 0.3 is 0 Å². The predicted octanol–water partition coefficient (Wildman–Crippen LogP) is 2.27. The zero-order chi connectivity index (χ0) is 15.4. The lowest BCUT2D eigenvalue weighted by molar-refractivity contribution is 0.341. The lowest BCUT2D eigenvalue weighted by Crippen LogP contribution is -2.41. The van der Waals surface area contributed by atoms with Crippen LogP contribution in [0.5, 0.6) is 0 Å². The Morgan fingerprint density at radius 2 is 2.05 bits per heavy atom. The molecule has 1 aliphatic rings. The van der Waals surface area contributed by atoms with Gasteiger partial charge in [-0.1, -0.05) is 18.5 Å². The van der Waals surface area contributed by atoms with E-state index in [1.165, 1.54) is 17.5 Å². The first-order valence-electron chi connectivity index (χ1n) is 7.80. The molecule has 0 unspecified atom stereocenters. The number of nitrogens with zero attached hydrogens (tertiary/aromatic N) is 3. The van der Waals surface area contributed by atoms with Gasteiger partial charge < -0.3 is 10.2 Å². The van der Waals surface area contributed by atoms with Gasteiger partial charge in [0.05, 0.1) is 11.9 Å². The molecule has 6 heteroatoms. The molecular formula is C15H25ClN4O. The van der Waals surface area contributed by atoms with Gasteiger partial charge in [0.25, 0.3) is 5.56 Å². The minimum atomic E-state index is -0.204. The number of nitrogens with one attached hydrogen (secondary N) is 1. The highest BCUT2D eigenvalue weighted by Crippen LogP contribution is 2.28. The number of hydrogen-bond donors (Lipinski definition) is 1. The van der Waals surface area contributed by atoms with Gasteiger partial charge in [0, 0.05) is 25.7 Å². The molecule has 0 aromatic carbocycles. The minimum absolute atomic E-state index is 0.204. The zero-order valence-corrected chi connectivity index (χ0v) is 13.9. The summed E-state index contributed by atoms with van der Waals surface area (Å²) < 4.78 is 1.39. The Balaban J connectivity index is 2.09.